The molecular weight excluding hydrogens is 474 g/mol. The first-order chi connectivity index (χ1) is 17.2. The van der Waals surface area contributed by atoms with Crippen LogP contribution in [0.15, 0.2) is 96.6 Å². The summed E-state index contributed by atoms with van der Waals surface area (Å²) in [5.41, 5.74) is 2.52. The van der Waals surface area contributed by atoms with E-state index in [0.29, 0.717) is 23.4 Å². The van der Waals surface area contributed by atoms with Gasteiger partial charge in [-0.25, -0.2) is 9.59 Å². The Labute approximate surface area is 218 Å². The number of rotatable bonds is 9. The van der Waals surface area contributed by atoms with Crippen molar-refractivity contribution in [3.63, 3.8) is 0 Å². The summed E-state index contributed by atoms with van der Waals surface area (Å²) in [6, 6.07) is 26.0. The highest BCUT2D eigenvalue weighted by atomic mass is 35.5. The second kappa shape index (κ2) is 12.9. The molecule has 0 aliphatic carbocycles. The third kappa shape index (κ3) is 9.59. The molecule has 0 fully saturated rings. The number of hydrogen-bond donors (Lipinski definition) is 1. The maximum Gasteiger partial charge on any atom is 0.407 e. The first-order valence-electron chi connectivity index (χ1n) is 11.9. The highest BCUT2D eigenvalue weighted by Gasteiger charge is 2.22. The topological polar surface area (TPSA) is 64.6 Å². The molecular formula is C30H32ClNO4. The number of halogens is 1. The third-order valence-corrected chi connectivity index (χ3v) is 5.40. The summed E-state index contributed by atoms with van der Waals surface area (Å²) in [4.78, 5) is 25.9. The number of hydrogen-bond acceptors (Lipinski definition) is 4. The molecule has 1 N–H and O–H groups in total. The van der Waals surface area contributed by atoms with Crippen molar-refractivity contribution in [1.29, 1.82) is 0 Å². The molecule has 0 unspecified atom stereocenters. The highest BCUT2D eigenvalue weighted by molar-refractivity contribution is 6.30. The Bertz CT molecular complexity index is 1170. The molecule has 188 valence electrons. The average molecular weight is 506 g/mol. The summed E-state index contributed by atoms with van der Waals surface area (Å²) in [5, 5.41) is 3.49. The van der Waals surface area contributed by atoms with Crippen molar-refractivity contribution in [3.05, 3.63) is 118 Å². The largest absolute Gasteiger partial charge is 0.457 e. The number of nitrogens with one attached hydrogen (secondary N) is 1. The second-order valence-electron chi connectivity index (χ2n) is 9.50. The van der Waals surface area contributed by atoms with Crippen molar-refractivity contribution in [3.8, 4) is 0 Å². The molecule has 36 heavy (non-hydrogen) atoms. The predicted octanol–water partition coefficient (Wildman–Crippen LogP) is 6.69. The lowest BCUT2D eigenvalue weighted by molar-refractivity contribution is -0.150. The van der Waals surface area contributed by atoms with Crippen LogP contribution in [-0.4, -0.2) is 23.7 Å². The molecule has 6 heteroatoms. The van der Waals surface area contributed by atoms with Crippen LogP contribution in [0.3, 0.4) is 0 Å². The van der Waals surface area contributed by atoms with Gasteiger partial charge in [-0.3, -0.25) is 0 Å². The summed E-state index contributed by atoms with van der Waals surface area (Å²) in [5.74, 6) is -0.444. The van der Waals surface area contributed by atoms with Gasteiger partial charge < -0.3 is 14.8 Å². The number of carbonyl (C=O) groups excluding carboxylic acids is 2. The predicted molar refractivity (Wildman–Crippen MR) is 143 cm³/mol. The molecule has 3 aromatic rings. The van der Waals surface area contributed by atoms with Gasteiger partial charge in [-0.1, -0.05) is 90.5 Å². The molecule has 3 rings (SSSR count). The van der Waals surface area contributed by atoms with Crippen molar-refractivity contribution in [2.75, 3.05) is 0 Å². The Morgan fingerprint density at radius 1 is 0.889 bits per heavy atom. The van der Waals surface area contributed by atoms with Gasteiger partial charge in [0.15, 0.2) is 0 Å². The van der Waals surface area contributed by atoms with E-state index in [9.17, 15) is 9.59 Å². The van der Waals surface area contributed by atoms with Gasteiger partial charge in [0.25, 0.3) is 0 Å². The zero-order chi connectivity index (χ0) is 26.0. The normalized spacial score (nSPS) is 12.5. The number of esters is 1. The fraction of sp³-hybridized carbons (Fsp3) is 0.267. The number of alkyl carbamates (subject to hydrolysis) is 1. The molecule has 1 atom stereocenters. The minimum absolute atomic E-state index is 0.149. The van der Waals surface area contributed by atoms with Crippen molar-refractivity contribution in [2.45, 2.75) is 51.9 Å². The van der Waals surface area contributed by atoms with E-state index in [1.54, 1.807) is 12.1 Å². The number of carbonyl (C=O) groups is 2. The molecule has 5 nitrogen and oxygen atoms in total. The number of ether oxygens (including phenoxy) is 2. The van der Waals surface area contributed by atoms with Gasteiger partial charge >= 0.3 is 12.1 Å². The number of amides is 1. The summed E-state index contributed by atoms with van der Waals surface area (Å²) < 4.78 is 11.1. The molecule has 0 bridgehead atoms. The van der Waals surface area contributed by atoms with Gasteiger partial charge in [0.2, 0.25) is 0 Å². The van der Waals surface area contributed by atoms with Crippen LogP contribution in [0.2, 0.25) is 5.02 Å². The van der Waals surface area contributed by atoms with Crippen LogP contribution in [0, 0.1) is 0 Å². The lowest BCUT2D eigenvalue weighted by Gasteiger charge is -2.22. The molecule has 0 saturated heterocycles. The van der Waals surface area contributed by atoms with Crippen LogP contribution in [0.5, 0.6) is 0 Å². The van der Waals surface area contributed by atoms with Crippen LogP contribution >= 0.6 is 11.6 Å². The van der Waals surface area contributed by atoms with Crippen molar-refractivity contribution in [2.24, 2.45) is 0 Å². The summed E-state index contributed by atoms with van der Waals surface area (Å²) in [6.45, 7) is 5.61. The zero-order valence-electron chi connectivity index (χ0n) is 20.9. The summed E-state index contributed by atoms with van der Waals surface area (Å²) in [7, 11) is 0. The maximum absolute atomic E-state index is 13.2. The standard InChI is InChI=1S/C30H32ClNO4/c1-30(2,3)36-28(33)25(17-24-15-10-16-26(31)18-24)20-27(19-22-11-6-4-7-12-22)32-29(34)35-21-23-13-8-5-9-14-23/h4-16,18,20,27H,17,19,21H2,1-3H3,(H,32,34)/b25-20+/t27-/m0/s1. The Balaban J connectivity index is 1.86. The van der Waals surface area contributed by atoms with Crippen LogP contribution in [0.25, 0.3) is 0 Å². The SMILES string of the molecule is CC(C)(C)OC(=O)/C(=C/[C@H](Cc1ccccc1)NC(=O)OCc1ccccc1)Cc1cccc(Cl)c1. The van der Waals surface area contributed by atoms with E-state index in [2.05, 4.69) is 5.32 Å². The summed E-state index contributed by atoms with van der Waals surface area (Å²) >= 11 is 6.17. The molecule has 0 aromatic heterocycles. The van der Waals surface area contributed by atoms with E-state index in [0.717, 1.165) is 16.7 Å². The monoisotopic (exact) mass is 505 g/mol. The van der Waals surface area contributed by atoms with Gasteiger partial charge in [-0.05, 0) is 56.0 Å². The van der Waals surface area contributed by atoms with Crippen LogP contribution in [0.1, 0.15) is 37.5 Å². The van der Waals surface area contributed by atoms with Gasteiger partial charge in [0, 0.05) is 17.0 Å². The fourth-order valence-electron chi connectivity index (χ4n) is 3.59. The molecule has 1 amide bonds. The van der Waals surface area contributed by atoms with Gasteiger partial charge in [-0.2, -0.15) is 0 Å². The van der Waals surface area contributed by atoms with Gasteiger partial charge in [0.1, 0.15) is 12.2 Å². The Morgan fingerprint density at radius 3 is 2.11 bits per heavy atom. The van der Waals surface area contributed by atoms with E-state index in [1.165, 1.54) is 0 Å². The average Bonchev–Trinajstić information content (AvgIpc) is 2.82. The van der Waals surface area contributed by atoms with E-state index in [1.807, 2.05) is 99.6 Å². The second-order valence-corrected chi connectivity index (χ2v) is 9.94. The smallest absolute Gasteiger partial charge is 0.407 e. The molecule has 0 heterocycles. The lowest BCUT2D eigenvalue weighted by atomic mass is 9.99. The molecule has 0 aliphatic heterocycles. The van der Waals surface area contributed by atoms with Crippen molar-refractivity contribution < 1.29 is 19.1 Å². The minimum Gasteiger partial charge on any atom is -0.457 e. The van der Waals surface area contributed by atoms with E-state index in [4.69, 9.17) is 21.1 Å². The lowest BCUT2D eigenvalue weighted by Crippen LogP contribution is -2.36. The molecule has 3 aromatic carbocycles. The molecule has 0 spiro atoms. The highest BCUT2D eigenvalue weighted by Crippen LogP contribution is 2.19. The van der Waals surface area contributed by atoms with E-state index < -0.39 is 23.7 Å². The Morgan fingerprint density at radius 2 is 1.50 bits per heavy atom. The first kappa shape index (κ1) is 27.0. The fourth-order valence-corrected chi connectivity index (χ4v) is 3.80. The third-order valence-electron chi connectivity index (χ3n) is 5.16. The molecule has 0 saturated carbocycles. The molecule has 0 aliphatic rings. The van der Waals surface area contributed by atoms with Gasteiger partial charge in [0.05, 0.1) is 6.04 Å². The first-order valence-corrected chi connectivity index (χ1v) is 12.3. The maximum atomic E-state index is 13.2. The minimum atomic E-state index is -0.665. The Hall–Kier alpha value is -3.57. The van der Waals surface area contributed by atoms with Crippen LogP contribution < -0.4 is 5.32 Å². The van der Waals surface area contributed by atoms with Gasteiger partial charge in [-0.15, -0.1) is 0 Å². The van der Waals surface area contributed by atoms with Crippen LogP contribution in [-0.2, 0) is 33.7 Å². The van der Waals surface area contributed by atoms with E-state index >= 15 is 0 Å². The number of benzene rings is 3. The summed E-state index contributed by atoms with van der Waals surface area (Å²) in [6.07, 6.45) is 1.97. The quantitative estimate of drug-likeness (QED) is 0.260. The zero-order valence-corrected chi connectivity index (χ0v) is 21.6. The molecule has 0 radical (unpaired) electrons. The van der Waals surface area contributed by atoms with E-state index in [-0.39, 0.29) is 6.61 Å². The Kier molecular flexibility index (Phi) is 9.71. The van der Waals surface area contributed by atoms with Crippen molar-refractivity contribution >= 4 is 23.7 Å². The van der Waals surface area contributed by atoms with Crippen LogP contribution in [0.4, 0.5) is 4.79 Å². The van der Waals surface area contributed by atoms with Crippen molar-refractivity contribution in [1.82, 2.24) is 5.32 Å².